The van der Waals surface area contributed by atoms with Gasteiger partial charge in [-0.3, -0.25) is 9.69 Å². The second-order valence-electron chi connectivity index (χ2n) is 10.3. The minimum absolute atomic E-state index is 0.0880. The van der Waals surface area contributed by atoms with Gasteiger partial charge in [0, 0.05) is 32.9 Å². The molecule has 0 saturated carbocycles. The maximum atomic E-state index is 13.9. The predicted octanol–water partition coefficient (Wildman–Crippen LogP) is 5.77. The van der Waals surface area contributed by atoms with Crippen LogP contribution in [0, 0.1) is 0 Å². The van der Waals surface area contributed by atoms with Crippen LogP contribution in [0.3, 0.4) is 0 Å². The van der Waals surface area contributed by atoms with Crippen molar-refractivity contribution in [3.05, 3.63) is 68.2 Å². The number of amides is 1. The summed E-state index contributed by atoms with van der Waals surface area (Å²) in [6, 6.07) is 8.44. The molecule has 39 heavy (non-hydrogen) atoms. The summed E-state index contributed by atoms with van der Waals surface area (Å²) in [7, 11) is -1.70. The van der Waals surface area contributed by atoms with E-state index in [4.69, 9.17) is 40.5 Å². The molecule has 3 unspecified atom stereocenters. The molecular formula is C26H31Cl3F3N3O3S. The normalized spacial score (nSPS) is 20.5. The lowest BCUT2D eigenvalue weighted by Crippen LogP contribution is -2.53. The van der Waals surface area contributed by atoms with Crippen LogP contribution in [0.4, 0.5) is 13.2 Å². The summed E-state index contributed by atoms with van der Waals surface area (Å²) in [6.45, 7) is 2.48. The minimum atomic E-state index is -4.63. The average molecular weight is 629 g/mol. The number of hydrogen-bond donors (Lipinski definition) is 1. The Bertz CT molecular complexity index is 1330. The highest BCUT2D eigenvalue weighted by atomic mass is 35.5. The third-order valence-corrected chi connectivity index (χ3v) is 10.1. The van der Waals surface area contributed by atoms with Crippen LogP contribution in [0.15, 0.2) is 36.4 Å². The second kappa shape index (κ2) is 12.1. The van der Waals surface area contributed by atoms with E-state index >= 15 is 0 Å². The van der Waals surface area contributed by atoms with Gasteiger partial charge in [0.05, 0.1) is 37.5 Å². The maximum Gasteiger partial charge on any atom is 0.417 e. The Morgan fingerprint density at radius 1 is 1.10 bits per heavy atom. The molecule has 1 amide bonds. The zero-order chi connectivity index (χ0) is 29.3. The summed E-state index contributed by atoms with van der Waals surface area (Å²) in [5.74, 6) is -0.344. The molecule has 3 rings (SSSR count). The summed E-state index contributed by atoms with van der Waals surface area (Å²) in [5, 5.41) is -0.362. The second-order valence-corrected chi connectivity index (χ2v) is 13.8. The number of likely N-dealkylation sites (N-methyl/N-ethyl adjacent to an activating group) is 1. The van der Waals surface area contributed by atoms with Crippen molar-refractivity contribution in [3.8, 4) is 0 Å². The van der Waals surface area contributed by atoms with Gasteiger partial charge in [-0.05, 0) is 61.6 Å². The number of alkyl halides is 3. The van der Waals surface area contributed by atoms with E-state index in [-0.39, 0.29) is 29.5 Å². The van der Waals surface area contributed by atoms with Crippen LogP contribution in [0.2, 0.25) is 15.1 Å². The van der Waals surface area contributed by atoms with E-state index in [1.807, 2.05) is 4.90 Å². The van der Waals surface area contributed by atoms with E-state index in [9.17, 15) is 26.4 Å². The fraction of sp³-hybridized carbons (Fsp3) is 0.500. The summed E-state index contributed by atoms with van der Waals surface area (Å²) in [4.78, 5) is 17.2. The number of likely N-dealkylation sites (tertiary alicyclic amines) is 1. The van der Waals surface area contributed by atoms with Gasteiger partial charge in [-0.25, -0.2) is 8.42 Å². The Morgan fingerprint density at radius 3 is 2.31 bits per heavy atom. The van der Waals surface area contributed by atoms with Crippen molar-refractivity contribution in [1.29, 1.82) is 0 Å². The first kappa shape index (κ1) is 32.0. The molecule has 1 saturated heterocycles. The first-order chi connectivity index (χ1) is 17.9. The van der Waals surface area contributed by atoms with Crippen molar-refractivity contribution in [2.24, 2.45) is 5.73 Å². The topological polar surface area (TPSA) is 83.7 Å². The quantitative estimate of drug-likeness (QED) is 0.402. The number of halogens is 6. The molecule has 1 aliphatic heterocycles. The van der Waals surface area contributed by atoms with Crippen LogP contribution >= 0.6 is 34.8 Å². The van der Waals surface area contributed by atoms with Crippen LogP contribution in [0.25, 0.3) is 0 Å². The van der Waals surface area contributed by atoms with Gasteiger partial charge in [0.1, 0.15) is 9.84 Å². The lowest BCUT2D eigenvalue weighted by molar-refractivity contribution is -0.137. The van der Waals surface area contributed by atoms with Crippen LogP contribution in [-0.4, -0.2) is 61.9 Å². The fourth-order valence-electron chi connectivity index (χ4n) is 4.91. The SMILES string of the molecule is CN(Cc1ccc(Cl)c(C(F)(F)F)c1)C(=O)C(C)(CCN1CCC(S(C)(=O)=O)CC1N)c1ccc(Cl)c(Cl)c1. The minimum Gasteiger partial charge on any atom is -0.341 e. The Kier molecular flexibility index (Phi) is 9.94. The van der Waals surface area contributed by atoms with Crippen molar-refractivity contribution < 1.29 is 26.4 Å². The molecule has 0 spiro atoms. The fourth-order valence-corrected chi connectivity index (χ4v) is 6.52. The van der Waals surface area contributed by atoms with E-state index in [0.29, 0.717) is 36.5 Å². The summed E-state index contributed by atoms with van der Waals surface area (Å²) >= 11 is 18.1. The molecule has 0 aliphatic carbocycles. The number of benzene rings is 2. The Labute approximate surface area is 242 Å². The van der Waals surface area contributed by atoms with E-state index in [0.717, 1.165) is 12.1 Å². The molecule has 0 radical (unpaired) electrons. The third-order valence-electron chi connectivity index (χ3n) is 7.35. The zero-order valence-electron chi connectivity index (χ0n) is 21.7. The molecule has 2 N–H and O–H groups in total. The third kappa shape index (κ3) is 7.59. The Balaban J connectivity index is 1.86. The molecule has 2 aromatic carbocycles. The molecule has 216 valence electrons. The van der Waals surface area contributed by atoms with Gasteiger partial charge in [-0.2, -0.15) is 13.2 Å². The monoisotopic (exact) mass is 627 g/mol. The lowest BCUT2D eigenvalue weighted by atomic mass is 9.77. The van der Waals surface area contributed by atoms with Crippen molar-refractivity contribution >= 4 is 50.5 Å². The highest BCUT2D eigenvalue weighted by Crippen LogP contribution is 2.37. The molecule has 1 aliphatic rings. The van der Waals surface area contributed by atoms with E-state index in [1.54, 1.807) is 25.1 Å². The maximum absolute atomic E-state index is 13.9. The molecule has 1 heterocycles. The van der Waals surface area contributed by atoms with Gasteiger partial charge >= 0.3 is 6.18 Å². The highest BCUT2D eigenvalue weighted by Gasteiger charge is 2.40. The molecule has 13 heteroatoms. The standard InChI is InChI=1S/C26H31Cl3F3N3O3S/c1-25(17-5-7-21(28)22(29)13-17,9-11-35-10-8-18(14-23(35)33)39(3,37)38)24(36)34(2)15-16-4-6-20(27)19(12-16)26(30,31)32/h4-7,12-13,18,23H,8-11,14-15,33H2,1-3H3. The largest absolute Gasteiger partial charge is 0.417 e. The molecular weight excluding hydrogens is 598 g/mol. The zero-order valence-corrected chi connectivity index (χ0v) is 24.8. The average Bonchev–Trinajstić information content (AvgIpc) is 2.84. The van der Waals surface area contributed by atoms with Crippen LogP contribution in [-0.2, 0) is 32.8 Å². The van der Waals surface area contributed by atoms with Crippen molar-refractivity contribution in [2.75, 3.05) is 26.4 Å². The van der Waals surface area contributed by atoms with Crippen LogP contribution in [0.5, 0.6) is 0 Å². The van der Waals surface area contributed by atoms with Crippen LogP contribution in [0.1, 0.15) is 42.9 Å². The van der Waals surface area contributed by atoms with Gasteiger partial charge in [0.15, 0.2) is 0 Å². The summed E-state index contributed by atoms with van der Waals surface area (Å²) in [6.07, 6.45) is -2.92. The van der Waals surface area contributed by atoms with Gasteiger partial charge in [0.2, 0.25) is 5.91 Å². The lowest BCUT2D eigenvalue weighted by Gasteiger charge is -2.40. The number of nitrogens with two attached hydrogens (primary N) is 1. The molecule has 0 aromatic heterocycles. The Morgan fingerprint density at radius 2 is 1.74 bits per heavy atom. The van der Waals surface area contributed by atoms with Gasteiger partial charge in [-0.1, -0.05) is 46.9 Å². The van der Waals surface area contributed by atoms with Crippen molar-refractivity contribution in [2.45, 2.75) is 55.7 Å². The van der Waals surface area contributed by atoms with Gasteiger partial charge < -0.3 is 10.6 Å². The number of rotatable bonds is 8. The van der Waals surface area contributed by atoms with Crippen molar-refractivity contribution in [1.82, 2.24) is 9.80 Å². The van der Waals surface area contributed by atoms with Gasteiger partial charge in [-0.15, -0.1) is 0 Å². The van der Waals surface area contributed by atoms with E-state index in [2.05, 4.69) is 0 Å². The molecule has 1 fully saturated rings. The van der Waals surface area contributed by atoms with Crippen molar-refractivity contribution in [3.63, 3.8) is 0 Å². The van der Waals surface area contributed by atoms with Gasteiger partial charge in [0.25, 0.3) is 0 Å². The van der Waals surface area contributed by atoms with E-state index in [1.165, 1.54) is 24.3 Å². The number of nitrogens with zero attached hydrogens (tertiary/aromatic N) is 2. The summed E-state index contributed by atoms with van der Waals surface area (Å²) < 4.78 is 64.1. The number of piperidine rings is 1. The first-order valence-electron chi connectivity index (χ1n) is 12.2. The molecule has 6 nitrogen and oxygen atoms in total. The molecule has 0 bridgehead atoms. The first-order valence-corrected chi connectivity index (χ1v) is 15.3. The number of hydrogen-bond acceptors (Lipinski definition) is 5. The smallest absolute Gasteiger partial charge is 0.341 e. The summed E-state index contributed by atoms with van der Waals surface area (Å²) in [5.41, 5.74) is 5.04. The number of carbonyl (C=O) groups excluding carboxylic acids is 1. The Hall–Kier alpha value is -1.56. The predicted molar refractivity (Wildman–Crippen MR) is 149 cm³/mol. The molecule has 3 atom stereocenters. The highest BCUT2D eigenvalue weighted by molar-refractivity contribution is 7.91. The molecule has 2 aromatic rings. The van der Waals surface area contributed by atoms with Crippen LogP contribution < -0.4 is 5.73 Å². The number of carbonyl (C=O) groups is 1. The van der Waals surface area contributed by atoms with E-state index < -0.39 is 43.4 Å². The number of sulfone groups is 1.